The number of anilines is 2. The molecule has 3 heterocycles. The summed E-state index contributed by atoms with van der Waals surface area (Å²) in [7, 11) is 1.78. The molecule has 2 N–H and O–H groups in total. The minimum Gasteiger partial charge on any atom is -0.384 e. The van der Waals surface area contributed by atoms with Gasteiger partial charge in [-0.2, -0.15) is 0 Å². The van der Waals surface area contributed by atoms with E-state index in [1.54, 1.807) is 19.6 Å². The Morgan fingerprint density at radius 1 is 1.18 bits per heavy atom. The summed E-state index contributed by atoms with van der Waals surface area (Å²) in [5, 5.41) is 0. The van der Waals surface area contributed by atoms with Crippen LogP contribution >= 0.6 is 0 Å². The van der Waals surface area contributed by atoms with Crippen LogP contribution in [-0.2, 0) is 4.74 Å². The molecule has 22 heavy (non-hydrogen) atoms. The van der Waals surface area contributed by atoms with Crippen molar-refractivity contribution in [2.45, 2.75) is 25.9 Å². The summed E-state index contributed by atoms with van der Waals surface area (Å²) in [6.07, 6.45) is 5.78. The molecule has 6 nitrogen and oxygen atoms in total. The maximum absolute atomic E-state index is 5.69. The number of rotatable bonds is 3. The van der Waals surface area contributed by atoms with Crippen LogP contribution in [0.3, 0.4) is 0 Å². The number of aryl methyl sites for hydroxylation is 1. The highest BCUT2D eigenvalue weighted by molar-refractivity contribution is 5.77. The highest BCUT2D eigenvalue weighted by Gasteiger charge is 2.23. The monoisotopic (exact) mass is 299 g/mol. The molecule has 1 saturated heterocycles. The number of ether oxygens (including phenoxy) is 1. The number of methoxy groups -OCH3 is 1. The third-order valence-corrected chi connectivity index (χ3v) is 4.17. The van der Waals surface area contributed by atoms with Crippen LogP contribution in [0.4, 0.5) is 11.6 Å². The van der Waals surface area contributed by atoms with Crippen molar-refractivity contribution in [3.05, 3.63) is 30.4 Å². The predicted molar refractivity (Wildman–Crippen MR) is 86.7 cm³/mol. The third kappa shape index (κ3) is 2.87. The highest BCUT2D eigenvalue weighted by atomic mass is 16.5. The molecule has 0 amide bonds. The van der Waals surface area contributed by atoms with E-state index in [1.165, 1.54) is 0 Å². The van der Waals surface area contributed by atoms with Crippen molar-refractivity contribution < 1.29 is 4.74 Å². The number of nitrogen functional groups attached to an aromatic ring is 1. The molecule has 0 bridgehead atoms. The number of nitrogens with zero attached hydrogens (tertiary/aromatic N) is 4. The molecule has 0 spiro atoms. The second-order valence-electron chi connectivity index (χ2n) is 5.55. The van der Waals surface area contributed by atoms with Gasteiger partial charge in [0.1, 0.15) is 18.0 Å². The summed E-state index contributed by atoms with van der Waals surface area (Å²) >= 11 is 0. The number of hydrogen-bond acceptors (Lipinski definition) is 6. The van der Waals surface area contributed by atoms with Crippen LogP contribution in [-0.4, -0.2) is 41.3 Å². The number of aromatic nitrogens is 3. The SMILES string of the molecule is COC1CCN(c2ncnc(C)c2-c2ccc(N)nc2)CC1. The van der Waals surface area contributed by atoms with Crippen molar-refractivity contribution in [1.82, 2.24) is 15.0 Å². The number of piperidine rings is 1. The van der Waals surface area contributed by atoms with Gasteiger partial charge in [0.25, 0.3) is 0 Å². The summed E-state index contributed by atoms with van der Waals surface area (Å²) < 4.78 is 5.44. The van der Waals surface area contributed by atoms with Crippen molar-refractivity contribution in [3.63, 3.8) is 0 Å². The normalized spacial score (nSPS) is 16.0. The number of hydrogen-bond donors (Lipinski definition) is 1. The van der Waals surface area contributed by atoms with Gasteiger partial charge in [-0.15, -0.1) is 0 Å². The topological polar surface area (TPSA) is 77.2 Å². The summed E-state index contributed by atoms with van der Waals surface area (Å²) in [4.78, 5) is 15.4. The molecule has 1 aliphatic heterocycles. The molecule has 2 aromatic rings. The van der Waals surface area contributed by atoms with Crippen LogP contribution in [0.2, 0.25) is 0 Å². The second-order valence-corrected chi connectivity index (χ2v) is 5.55. The van der Waals surface area contributed by atoms with Crippen LogP contribution in [0.5, 0.6) is 0 Å². The molecule has 2 aromatic heterocycles. The first-order chi connectivity index (χ1) is 10.7. The molecule has 0 aliphatic carbocycles. The lowest BCUT2D eigenvalue weighted by Crippen LogP contribution is -2.37. The largest absolute Gasteiger partial charge is 0.384 e. The average molecular weight is 299 g/mol. The van der Waals surface area contributed by atoms with Crippen LogP contribution in [0, 0.1) is 6.92 Å². The van der Waals surface area contributed by atoms with E-state index in [9.17, 15) is 0 Å². The molecule has 3 rings (SSSR count). The number of pyridine rings is 1. The molecule has 1 aliphatic rings. The van der Waals surface area contributed by atoms with Gasteiger partial charge < -0.3 is 15.4 Å². The Balaban J connectivity index is 1.95. The van der Waals surface area contributed by atoms with Crippen molar-refractivity contribution in [1.29, 1.82) is 0 Å². The lowest BCUT2D eigenvalue weighted by molar-refractivity contribution is 0.0818. The van der Waals surface area contributed by atoms with Gasteiger partial charge in [-0.1, -0.05) is 0 Å². The Morgan fingerprint density at radius 3 is 2.59 bits per heavy atom. The molecule has 0 saturated carbocycles. The molecule has 0 aromatic carbocycles. The Labute approximate surface area is 130 Å². The van der Waals surface area contributed by atoms with E-state index in [0.717, 1.165) is 48.6 Å². The van der Waals surface area contributed by atoms with E-state index in [0.29, 0.717) is 11.9 Å². The summed E-state index contributed by atoms with van der Waals surface area (Å²) in [5.41, 5.74) is 8.67. The first-order valence-corrected chi connectivity index (χ1v) is 7.50. The zero-order valence-corrected chi connectivity index (χ0v) is 13.0. The quantitative estimate of drug-likeness (QED) is 0.934. The zero-order chi connectivity index (χ0) is 15.5. The Kier molecular flexibility index (Phi) is 4.20. The fourth-order valence-corrected chi connectivity index (χ4v) is 2.90. The van der Waals surface area contributed by atoms with E-state index in [-0.39, 0.29) is 0 Å². The molecule has 0 atom stereocenters. The molecular formula is C16H21N5O. The van der Waals surface area contributed by atoms with Crippen LogP contribution < -0.4 is 10.6 Å². The van der Waals surface area contributed by atoms with E-state index in [2.05, 4.69) is 19.9 Å². The van der Waals surface area contributed by atoms with Gasteiger partial charge in [-0.3, -0.25) is 0 Å². The number of nitrogens with two attached hydrogens (primary N) is 1. The van der Waals surface area contributed by atoms with Crippen LogP contribution in [0.1, 0.15) is 18.5 Å². The van der Waals surface area contributed by atoms with Gasteiger partial charge in [-0.25, -0.2) is 15.0 Å². The fourth-order valence-electron chi connectivity index (χ4n) is 2.90. The molecule has 116 valence electrons. The summed E-state index contributed by atoms with van der Waals surface area (Å²) in [6, 6.07) is 3.78. The molecule has 1 fully saturated rings. The van der Waals surface area contributed by atoms with Crippen LogP contribution in [0.15, 0.2) is 24.7 Å². The molecule has 0 unspecified atom stereocenters. The van der Waals surface area contributed by atoms with Crippen molar-refractivity contribution in [3.8, 4) is 11.1 Å². The van der Waals surface area contributed by atoms with Crippen LogP contribution in [0.25, 0.3) is 11.1 Å². The maximum Gasteiger partial charge on any atom is 0.140 e. The molecule has 0 radical (unpaired) electrons. The lowest BCUT2D eigenvalue weighted by atomic mass is 10.0. The fraction of sp³-hybridized carbons (Fsp3) is 0.438. The standard InChI is InChI=1S/C16H21N5O/c1-11-15(12-3-4-14(17)18-9-12)16(20-10-19-11)21-7-5-13(22-2)6-8-21/h3-4,9-10,13H,5-8H2,1-2H3,(H2,17,18). The Morgan fingerprint density at radius 2 is 1.95 bits per heavy atom. The van der Waals surface area contributed by atoms with Crippen molar-refractivity contribution >= 4 is 11.6 Å². The van der Waals surface area contributed by atoms with Gasteiger partial charge in [-0.05, 0) is 31.9 Å². The Hall–Kier alpha value is -2.21. The second kappa shape index (κ2) is 6.27. The van der Waals surface area contributed by atoms with Gasteiger partial charge >= 0.3 is 0 Å². The first-order valence-electron chi connectivity index (χ1n) is 7.50. The zero-order valence-electron chi connectivity index (χ0n) is 13.0. The Bertz CT molecular complexity index is 635. The first kappa shape index (κ1) is 14.7. The summed E-state index contributed by atoms with van der Waals surface area (Å²) in [5.74, 6) is 1.48. The predicted octanol–water partition coefficient (Wildman–Crippen LogP) is 2.04. The molecule has 6 heteroatoms. The lowest BCUT2D eigenvalue weighted by Gasteiger charge is -2.33. The maximum atomic E-state index is 5.69. The molecular weight excluding hydrogens is 278 g/mol. The summed E-state index contributed by atoms with van der Waals surface area (Å²) in [6.45, 7) is 3.87. The minimum atomic E-state index is 0.348. The minimum absolute atomic E-state index is 0.348. The highest BCUT2D eigenvalue weighted by Crippen LogP contribution is 2.32. The van der Waals surface area contributed by atoms with Crippen molar-refractivity contribution in [2.24, 2.45) is 0 Å². The van der Waals surface area contributed by atoms with Gasteiger partial charge in [0.2, 0.25) is 0 Å². The van der Waals surface area contributed by atoms with Gasteiger partial charge in [0, 0.05) is 37.5 Å². The van der Waals surface area contributed by atoms with Gasteiger partial charge in [0.15, 0.2) is 0 Å². The van der Waals surface area contributed by atoms with Gasteiger partial charge in [0.05, 0.1) is 11.8 Å². The van der Waals surface area contributed by atoms with E-state index in [1.807, 2.05) is 19.1 Å². The van der Waals surface area contributed by atoms with E-state index < -0.39 is 0 Å². The van der Waals surface area contributed by atoms with E-state index in [4.69, 9.17) is 10.5 Å². The third-order valence-electron chi connectivity index (χ3n) is 4.17. The van der Waals surface area contributed by atoms with Crippen molar-refractivity contribution in [2.75, 3.05) is 30.8 Å². The average Bonchev–Trinajstić information content (AvgIpc) is 2.56. The van der Waals surface area contributed by atoms with E-state index >= 15 is 0 Å². The smallest absolute Gasteiger partial charge is 0.140 e.